The highest BCUT2D eigenvalue weighted by Gasteiger charge is 2.56. The van der Waals surface area contributed by atoms with Crippen LogP contribution < -0.4 is 9.62 Å². The Morgan fingerprint density at radius 3 is 2.55 bits per heavy atom. The van der Waals surface area contributed by atoms with Crippen LogP contribution in [-0.4, -0.2) is 33.4 Å². The van der Waals surface area contributed by atoms with Gasteiger partial charge in [-0.05, 0) is 45.5 Å². The van der Waals surface area contributed by atoms with Gasteiger partial charge in [-0.1, -0.05) is 60.7 Å². The molecule has 3 heterocycles. The molecule has 2 aliphatic rings. The molecule has 8 nitrogen and oxygen atoms in total. The number of carbonyl (C=O) groups is 2. The predicted octanol–water partition coefficient (Wildman–Crippen LogP) is 4.17. The van der Waals surface area contributed by atoms with Crippen LogP contribution in [0, 0.1) is 0 Å². The summed E-state index contributed by atoms with van der Waals surface area (Å²) in [5, 5.41) is 3.76. The number of amides is 2. The van der Waals surface area contributed by atoms with Crippen LogP contribution in [0.25, 0.3) is 16.8 Å². The van der Waals surface area contributed by atoms with E-state index < -0.39 is 21.7 Å². The molecule has 2 amide bonds. The molecule has 0 saturated carbocycles. The number of anilines is 1. The van der Waals surface area contributed by atoms with Gasteiger partial charge < -0.3 is 14.4 Å². The number of hydrogen-bond donors (Lipinski definition) is 1. The maximum absolute atomic E-state index is 13.8. The molecule has 2 aliphatic heterocycles. The van der Waals surface area contributed by atoms with Gasteiger partial charge in [-0.25, -0.2) is 13.1 Å². The molecule has 0 atom stereocenters. The zero-order valence-corrected chi connectivity index (χ0v) is 21.6. The summed E-state index contributed by atoms with van der Waals surface area (Å²) in [7, 11) is -3.97. The number of fused-ring (bicyclic) bond motifs is 3. The van der Waals surface area contributed by atoms with Gasteiger partial charge in [0.05, 0.1) is 25.4 Å². The molecule has 1 aromatic heterocycles. The van der Waals surface area contributed by atoms with Gasteiger partial charge in [-0.15, -0.1) is 11.3 Å². The molecule has 4 aromatic rings. The number of rotatable bonds is 6. The molecule has 38 heavy (non-hydrogen) atoms. The first kappa shape index (κ1) is 24.5. The van der Waals surface area contributed by atoms with Gasteiger partial charge in [0.1, 0.15) is 4.21 Å². The summed E-state index contributed by atoms with van der Waals surface area (Å²) in [6, 6.07) is 22.3. The standard InChI is InChI=1S/C28H22N2O6S2/c31-24(29-38(33,34)25-9-4-16-37-25)13-12-21-7-3-8-23-26(21)30(27(32)28(23)35-14-15-36-28)18-19-10-11-20-5-1-2-6-22(20)17-19/h1-13,16-17H,14-15,18H2,(H,29,31)/b13-12+. The van der Waals surface area contributed by atoms with Gasteiger partial charge in [0.2, 0.25) is 0 Å². The second kappa shape index (κ2) is 9.48. The molecule has 1 N–H and O–H groups in total. The van der Waals surface area contributed by atoms with Crippen LogP contribution in [0.2, 0.25) is 0 Å². The van der Waals surface area contributed by atoms with Gasteiger partial charge in [0.25, 0.3) is 27.6 Å². The maximum atomic E-state index is 13.8. The average Bonchev–Trinajstić information content (AvgIpc) is 3.67. The van der Waals surface area contributed by atoms with Crippen LogP contribution in [0.3, 0.4) is 0 Å². The van der Waals surface area contributed by atoms with E-state index in [-0.39, 0.29) is 29.9 Å². The largest absolute Gasteiger partial charge is 0.336 e. The molecule has 1 fully saturated rings. The maximum Gasteiger partial charge on any atom is 0.292 e. The van der Waals surface area contributed by atoms with E-state index in [4.69, 9.17) is 9.47 Å². The number of hydrogen-bond acceptors (Lipinski definition) is 7. The topological polar surface area (TPSA) is 102 Å². The number of nitrogens with zero attached hydrogens (tertiary/aromatic N) is 1. The first-order valence-corrected chi connectivity index (χ1v) is 14.2. The monoisotopic (exact) mass is 546 g/mol. The van der Waals surface area contributed by atoms with Crippen molar-refractivity contribution in [1.29, 1.82) is 0 Å². The summed E-state index contributed by atoms with van der Waals surface area (Å²) in [6.07, 6.45) is 2.63. The summed E-state index contributed by atoms with van der Waals surface area (Å²) in [6.45, 7) is 0.811. The summed E-state index contributed by atoms with van der Waals surface area (Å²) in [4.78, 5) is 27.9. The smallest absolute Gasteiger partial charge is 0.292 e. The average molecular weight is 547 g/mol. The van der Waals surface area contributed by atoms with Gasteiger partial charge in [0, 0.05) is 11.6 Å². The summed E-state index contributed by atoms with van der Waals surface area (Å²) < 4.78 is 38.7. The minimum atomic E-state index is -3.97. The van der Waals surface area contributed by atoms with Crippen molar-refractivity contribution in [3.8, 4) is 0 Å². The first-order valence-electron chi connectivity index (χ1n) is 11.9. The summed E-state index contributed by atoms with van der Waals surface area (Å²) in [5.74, 6) is -2.69. The Morgan fingerprint density at radius 1 is 1.00 bits per heavy atom. The Balaban J connectivity index is 1.35. The van der Waals surface area contributed by atoms with Crippen molar-refractivity contribution in [3.63, 3.8) is 0 Å². The van der Waals surface area contributed by atoms with Crippen molar-refractivity contribution >= 4 is 55.7 Å². The number of sulfonamides is 1. The Kier molecular flexibility index (Phi) is 6.11. The highest BCUT2D eigenvalue weighted by atomic mass is 32.2. The van der Waals surface area contributed by atoms with Crippen molar-refractivity contribution in [3.05, 3.63) is 101 Å². The van der Waals surface area contributed by atoms with Gasteiger partial charge in [-0.3, -0.25) is 9.59 Å². The van der Waals surface area contributed by atoms with Crippen LogP contribution in [0.4, 0.5) is 5.69 Å². The fourth-order valence-electron chi connectivity index (χ4n) is 4.82. The minimum absolute atomic E-state index is 0.0458. The molecule has 0 aliphatic carbocycles. The highest BCUT2D eigenvalue weighted by Crippen LogP contribution is 2.48. The van der Waals surface area contributed by atoms with Crippen molar-refractivity contribution in [2.75, 3.05) is 18.1 Å². The van der Waals surface area contributed by atoms with Gasteiger partial charge in [0.15, 0.2) is 0 Å². The lowest BCUT2D eigenvalue weighted by atomic mass is 10.0. The fourth-order valence-corrected chi connectivity index (χ4v) is 6.76. The number of nitrogens with one attached hydrogen (secondary N) is 1. The van der Waals surface area contributed by atoms with Crippen LogP contribution in [0.5, 0.6) is 0 Å². The SMILES string of the molecule is O=C(/C=C/c1cccc2c1N(Cc1ccc3ccccc3c1)C(=O)C21OCCO1)NS(=O)(=O)c1cccs1. The summed E-state index contributed by atoms with van der Waals surface area (Å²) >= 11 is 1.02. The van der Waals surface area contributed by atoms with E-state index in [1.165, 1.54) is 12.1 Å². The lowest BCUT2D eigenvalue weighted by Gasteiger charge is -2.22. The molecule has 3 aromatic carbocycles. The molecule has 1 spiro atoms. The molecular weight excluding hydrogens is 524 g/mol. The lowest BCUT2D eigenvalue weighted by Crippen LogP contribution is -2.40. The third kappa shape index (κ3) is 4.21. The zero-order valence-electron chi connectivity index (χ0n) is 20.0. The Hall–Kier alpha value is -3.83. The number of thiophene rings is 1. The van der Waals surface area contributed by atoms with E-state index in [9.17, 15) is 18.0 Å². The van der Waals surface area contributed by atoms with Crippen LogP contribution in [-0.2, 0) is 41.4 Å². The molecule has 192 valence electrons. The van der Waals surface area contributed by atoms with E-state index in [2.05, 4.69) is 0 Å². The normalized spacial score (nSPS) is 16.5. The number of ether oxygens (including phenoxy) is 2. The molecule has 0 bridgehead atoms. The fraction of sp³-hybridized carbons (Fsp3) is 0.143. The molecular formula is C28H22N2O6S2. The van der Waals surface area contributed by atoms with E-state index >= 15 is 0 Å². The van der Waals surface area contributed by atoms with Gasteiger partial charge in [-0.2, -0.15) is 0 Å². The van der Waals surface area contributed by atoms with Crippen LogP contribution >= 0.6 is 11.3 Å². The highest BCUT2D eigenvalue weighted by molar-refractivity contribution is 7.92. The first-order chi connectivity index (χ1) is 18.4. The number of para-hydroxylation sites is 1. The second-order valence-corrected chi connectivity index (χ2v) is 11.7. The number of benzene rings is 3. The molecule has 6 rings (SSSR count). The Morgan fingerprint density at radius 2 is 1.79 bits per heavy atom. The third-order valence-corrected chi connectivity index (χ3v) is 9.22. The van der Waals surface area contributed by atoms with Crippen molar-refractivity contribution in [2.45, 2.75) is 16.5 Å². The van der Waals surface area contributed by atoms with E-state index in [0.717, 1.165) is 33.7 Å². The van der Waals surface area contributed by atoms with Crippen molar-refractivity contribution < 1.29 is 27.5 Å². The molecule has 1 saturated heterocycles. The van der Waals surface area contributed by atoms with E-state index in [1.807, 2.05) is 47.2 Å². The molecule has 0 unspecified atom stereocenters. The van der Waals surface area contributed by atoms with Crippen molar-refractivity contribution in [2.24, 2.45) is 0 Å². The quantitative estimate of drug-likeness (QED) is 0.365. The number of carbonyl (C=O) groups excluding carboxylic acids is 2. The van der Waals surface area contributed by atoms with E-state index in [0.29, 0.717) is 16.8 Å². The van der Waals surface area contributed by atoms with Crippen LogP contribution in [0.1, 0.15) is 16.7 Å². The Bertz CT molecular complexity index is 1690. The van der Waals surface area contributed by atoms with Crippen LogP contribution in [0.15, 0.2) is 88.5 Å². The third-order valence-electron chi connectivity index (χ3n) is 6.48. The molecule has 10 heteroatoms. The van der Waals surface area contributed by atoms with Crippen molar-refractivity contribution in [1.82, 2.24) is 4.72 Å². The lowest BCUT2D eigenvalue weighted by molar-refractivity contribution is -0.180. The summed E-state index contributed by atoms with van der Waals surface area (Å²) in [5.41, 5.74) is 2.57. The minimum Gasteiger partial charge on any atom is -0.336 e. The van der Waals surface area contributed by atoms with E-state index in [1.54, 1.807) is 34.5 Å². The Labute approximate surface area is 223 Å². The zero-order chi connectivity index (χ0) is 26.3. The second-order valence-electron chi connectivity index (χ2n) is 8.86. The molecule has 0 radical (unpaired) electrons. The van der Waals surface area contributed by atoms with Gasteiger partial charge >= 0.3 is 0 Å². The predicted molar refractivity (Wildman–Crippen MR) is 144 cm³/mol.